The Balaban J connectivity index is 1.80. The summed E-state index contributed by atoms with van der Waals surface area (Å²) in [7, 11) is 0. The minimum Gasteiger partial charge on any atom is -0.382 e. The molecular weight excluding hydrogens is 230 g/mol. The van der Waals surface area contributed by atoms with Gasteiger partial charge in [0.15, 0.2) is 0 Å². The van der Waals surface area contributed by atoms with Crippen molar-refractivity contribution in [2.45, 2.75) is 45.1 Å². The van der Waals surface area contributed by atoms with Crippen LogP contribution in [0, 0.1) is 5.92 Å². The van der Waals surface area contributed by atoms with Crippen LogP contribution in [0.15, 0.2) is 42.5 Å². The Kier molecular flexibility index (Phi) is 3.72. The zero-order chi connectivity index (χ0) is 13.1. The van der Waals surface area contributed by atoms with Crippen LogP contribution in [0.5, 0.6) is 0 Å². The SMILES string of the molecule is CC1CCCCCC1Nc1ccc2ccccc2c1. The molecule has 2 unspecified atom stereocenters. The molecule has 0 heterocycles. The summed E-state index contributed by atoms with van der Waals surface area (Å²) < 4.78 is 0. The third kappa shape index (κ3) is 2.91. The van der Waals surface area contributed by atoms with Gasteiger partial charge in [0.05, 0.1) is 0 Å². The van der Waals surface area contributed by atoms with Crippen LogP contribution >= 0.6 is 0 Å². The summed E-state index contributed by atoms with van der Waals surface area (Å²) in [6.07, 6.45) is 6.85. The van der Waals surface area contributed by atoms with Crippen LogP contribution in [-0.2, 0) is 0 Å². The molecule has 1 N–H and O–H groups in total. The Morgan fingerprint density at radius 1 is 0.895 bits per heavy atom. The maximum Gasteiger partial charge on any atom is 0.0348 e. The summed E-state index contributed by atoms with van der Waals surface area (Å²) in [5, 5.41) is 6.41. The fourth-order valence-corrected chi connectivity index (χ4v) is 3.20. The Labute approximate surface area is 116 Å². The van der Waals surface area contributed by atoms with E-state index in [1.54, 1.807) is 0 Å². The Bertz CT molecular complexity index is 546. The van der Waals surface area contributed by atoms with Gasteiger partial charge in [-0.1, -0.05) is 56.5 Å². The van der Waals surface area contributed by atoms with Crippen molar-refractivity contribution in [1.82, 2.24) is 0 Å². The zero-order valence-corrected chi connectivity index (χ0v) is 11.7. The summed E-state index contributed by atoms with van der Waals surface area (Å²) in [6.45, 7) is 2.39. The molecule has 2 aromatic rings. The predicted molar refractivity (Wildman–Crippen MR) is 83.6 cm³/mol. The summed E-state index contributed by atoms with van der Waals surface area (Å²) >= 11 is 0. The first-order chi connectivity index (χ1) is 9.33. The molecule has 2 atom stereocenters. The quantitative estimate of drug-likeness (QED) is 0.723. The van der Waals surface area contributed by atoms with Crippen molar-refractivity contribution in [3.8, 4) is 0 Å². The minimum atomic E-state index is 0.642. The zero-order valence-electron chi connectivity index (χ0n) is 11.7. The van der Waals surface area contributed by atoms with E-state index in [1.165, 1.54) is 48.6 Å². The van der Waals surface area contributed by atoms with Crippen molar-refractivity contribution in [2.24, 2.45) is 5.92 Å². The second kappa shape index (κ2) is 5.64. The molecule has 0 bridgehead atoms. The molecule has 3 rings (SSSR count). The number of nitrogens with one attached hydrogen (secondary N) is 1. The van der Waals surface area contributed by atoms with Gasteiger partial charge in [-0.3, -0.25) is 0 Å². The average Bonchev–Trinajstić information content (AvgIpc) is 2.64. The van der Waals surface area contributed by atoms with Gasteiger partial charge in [-0.2, -0.15) is 0 Å². The van der Waals surface area contributed by atoms with Crippen LogP contribution < -0.4 is 5.32 Å². The van der Waals surface area contributed by atoms with E-state index < -0.39 is 0 Å². The minimum absolute atomic E-state index is 0.642. The lowest BCUT2D eigenvalue weighted by Crippen LogP contribution is -2.26. The van der Waals surface area contributed by atoms with Gasteiger partial charge in [-0.15, -0.1) is 0 Å². The van der Waals surface area contributed by atoms with Crippen molar-refractivity contribution in [3.63, 3.8) is 0 Å². The summed E-state index contributed by atoms with van der Waals surface area (Å²) in [5.74, 6) is 0.786. The summed E-state index contributed by atoms with van der Waals surface area (Å²) in [6, 6.07) is 15.9. The lowest BCUT2D eigenvalue weighted by molar-refractivity contribution is 0.457. The Morgan fingerprint density at radius 2 is 1.68 bits per heavy atom. The second-order valence-electron chi connectivity index (χ2n) is 5.93. The van der Waals surface area contributed by atoms with Gasteiger partial charge in [-0.25, -0.2) is 0 Å². The third-order valence-electron chi connectivity index (χ3n) is 4.46. The van der Waals surface area contributed by atoms with Gasteiger partial charge in [-0.05, 0) is 41.7 Å². The van der Waals surface area contributed by atoms with E-state index in [-0.39, 0.29) is 0 Å². The summed E-state index contributed by atoms with van der Waals surface area (Å²) in [4.78, 5) is 0. The highest BCUT2D eigenvalue weighted by atomic mass is 14.9. The van der Waals surface area contributed by atoms with E-state index >= 15 is 0 Å². The first-order valence-corrected chi connectivity index (χ1v) is 7.58. The smallest absolute Gasteiger partial charge is 0.0348 e. The maximum atomic E-state index is 3.76. The number of benzene rings is 2. The fraction of sp³-hybridized carbons (Fsp3) is 0.444. The van der Waals surface area contributed by atoms with Crippen LogP contribution in [0.2, 0.25) is 0 Å². The first-order valence-electron chi connectivity index (χ1n) is 7.58. The molecule has 1 aliphatic rings. The van der Waals surface area contributed by atoms with Gasteiger partial charge in [0, 0.05) is 11.7 Å². The number of anilines is 1. The number of rotatable bonds is 2. The number of hydrogen-bond acceptors (Lipinski definition) is 1. The van der Waals surface area contributed by atoms with E-state index in [9.17, 15) is 0 Å². The number of hydrogen-bond donors (Lipinski definition) is 1. The molecule has 1 fully saturated rings. The van der Waals surface area contributed by atoms with E-state index in [2.05, 4.69) is 54.7 Å². The molecule has 0 aliphatic heterocycles. The van der Waals surface area contributed by atoms with Crippen LogP contribution in [0.25, 0.3) is 10.8 Å². The molecule has 1 aliphatic carbocycles. The first kappa shape index (κ1) is 12.5. The normalized spacial score (nSPS) is 24.1. The molecule has 19 heavy (non-hydrogen) atoms. The third-order valence-corrected chi connectivity index (χ3v) is 4.46. The molecule has 0 spiro atoms. The standard InChI is InChI=1S/C18H23N/c1-14-7-3-2-4-10-18(14)19-17-12-11-15-8-5-6-9-16(15)13-17/h5-6,8-9,11-14,18-19H,2-4,7,10H2,1H3. The van der Waals surface area contributed by atoms with Crippen LogP contribution in [0.4, 0.5) is 5.69 Å². The molecule has 0 saturated heterocycles. The van der Waals surface area contributed by atoms with Gasteiger partial charge in [0.1, 0.15) is 0 Å². The van der Waals surface area contributed by atoms with E-state index in [0.717, 1.165) is 5.92 Å². The van der Waals surface area contributed by atoms with E-state index in [0.29, 0.717) is 6.04 Å². The van der Waals surface area contributed by atoms with Crippen LogP contribution in [-0.4, -0.2) is 6.04 Å². The molecule has 2 aromatic carbocycles. The monoisotopic (exact) mass is 253 g/mol. The second-order valence-corrected chi connectivity index (χ2v) is 5.93. The largest absolute Gasteiger partial charge is 0.382 e. The molecule has 1 nitrogen and oxygen atoms in total. The molecule has 0 radical (unpaired) electrons. The highest BCUT2D eigenvalue weighted by molar-refractivity contribution is 5.85. The van der Waals surface area contributed by atoms with Crippen molar-refractivity contribution in [3.05, 3.63) is 42.5 Å². The van der Waals surface area contributed by atoms with Gasteiger partial charge in [0.2, 0.25) is 0 Å². The fourth-order valence-electron chi connectivity index (χ4n) is 3.20. The number of fused-ring (bicyclic) bond motifs is 1. The van der Waals surface area contributed by atoms with Crippen molar-refractivity contribution in [1.29, 1.82) is 0 Å². The Hall–Kier alpha value is -1.50. The molecule has 0 aromatic heterocycles. The van der Waals surface area contributed by atoms with Crippen LogP contribution in [0.3, 0.4) is 0 Å². The average molecular weight is 253 g/mol. The molecule has 100 valence electrons. The highest BCUT2D eigenvalue weighted by Gasteiger charge is 2.19. The predicted octanol–water partition coefficient (Wildman–Crippen LogP) is 5.22. The van der Waals surface area contributed by atoms with E-state index in [4.69, 9.17) is 0 Å². The molecule has 1 saturated carbocycles. The summed E-state index contributed by atoms with van der Waals surface area (Å²) in [5.41, 5.74) is 1.28. The van der Waals surface area contributed by atoms with Crippen molar-refractivity contribution < 1.29 is 0 Å². The topological polar surface area (TPSA) is 12.0 Å². The van der Waals surface area contributed by atoms with Gasteiger partial charge in [0.25, 0.3) is 0 Å². The lowest BCUT2D eigenvalue weighted by atomic mass is 9.96. The van der Waals surface area contributed by atoms with Crippen molar-refractivity contribution in [2.75, 3.05) is 5.32 Å². The molecule has 1 heteroatoms. The van der Waals surface area contributed by atoms with Crippen molar-refractivity contribution >= 4 is 16.5 Å². The van der Waals surface area contributed by atoms with Gasteiger partial charge < -0.3 is 5.32 Å². The lowest BCUT2D eigenvalue weighted by Gasteiger charge is -2.24. The Morgan fingerprint density at radius 3 is 2.58 bits per heavy atom. The van der Waals surface area contributed by atoms with Crippen LogP contribution in [0.1, 0.15) is 39.0 Å². The van der Waals surface area contributed by atoms with Gasteiger partial charge >= 0.3 is 0 Å². The maximum absolute atomic E-state index is 3.76. The molecule has 0 amide bonds. The highest BCUT2D eigenvalue weighted by Crippen LogP contribution is 2.27. The molecular formula is C18H23N. The van der Waals surface area contributed by atoms with E-state index in [1.807, 2.05) is 0 Å².